The standard InChI is InChI=1S/C18H24FNO4/c1-3-23-16-11-20(14-5-4-8-24-18(14)16)17(21)10-12-6-7-15(22-2)13(19)9-12/h6-7,9,14,16,18H,3-5,8,10-11H2,1-2H3/t14-,16+,18+/m1/s1. The Bertz CT molecular complexity index is 594. The number of halogens is 1. The highest BCUT2D eigenvalue weighted by molar-refractivity contribution is 5.79. The van der Waals surface area contributed by atoms with Crippen molar-refractivity contribution in [2.75, 3.05) is 26.9 Å². The van der Waals surface area contributed by atoms with E-state index in [1.165, 1.54) is 13.2 Å². The van der Waals surface area contributed by atoms with Crippen LogP contribution in [0.3, 0.4) is 0 Å². The van der Waals surface area contributed by atoms with Crippen molar-refractivity contribution in [2.45, 2.75) is 44.4 Å². The third-order valence-electron chi connectivity index (χ3n) is 4.75. The molecular formula is C18H24FNO4. The molecule has 0 unspecified atom stereocenters. The van der Waals surface area contributed by atoms with Crippen LogP contribution in [0.25, 0.3) is 0 Å². The zero-order valence-corrected chi connectivity index (χ0v) is 14.2. The number of carbonyl (C=O) groups is 1. The Hall–Kier alpha value is -1.66. The molecule has 24 heavy (non-hydrogen) atoms. The van der Waals surface area contributed by atoms with Crippen molar-refractivity contribution in [3.8, 4) is 5.75 Å². The first kappa shape index (κ1) is 17.2. The maximum atomic E-state index is 13.8. The fraction of sp³-hybridized carbons (Fsp3) is 0.611. The molecule has 1 amide bonds. The van der Waals surface area contributed by atoms with Crippen molar-refractivity contribution < 1.29 is 23.4 Å². The molecule has 0 bridgehead atoms. The maximum Gasteiger partial charge on any atom is 0.227 e. The van der Waals surface area contributed by atoms with Crippen molar-refractivity contribution in [1.29, 1.82) is 0 Å². The van der Waals surface area contributed by atoms with E-state index in [9.17, 15) is 9.18 Å². The molecule has 0 radical (unpaired) electrons. The van der Waals surface area contributed by atoms with E-state index in [1.54, 1.807) is 12.1 Å². The summed E-state index contributed by atoms with van der Waals surface area (Å²) in [4.78, 5) is 14.6. The number of amides is 1. The minimum absolute atomic E-state index is 0.0118. The fourth-order valence-electron chi connectivity index (χ4n) is 3.65. The van der Waals surface area contributed by atoms with E-state index in [4.69, 9.17) is 14.2 Å². The van der Waals surface area contributed by atoms with Crippen molar-refractivity contribution in [3.05, 3.63) is 29.6 Å². The summed E-state index contributed by atoms with van der Waals surface area (Å²) in [6.45, 7) is 3.81. The molecule has 2 aliphatic heterocycles. The van der Waals surface area contributed by atoms with Crippen LogP contribution in [0, 0.1) is 5.82 Å². The fourth-order valence-corrected chi connectivity index (χ4v) is 3.65. The lowest BCUT2D eigenvalue weighted by molar-refractivity contribution is -0.134. The molecule has 2 heterocycles. The van der Waals surface area contributed by atoms with Crippen LogP contribution < -0.4 is 4.74 Å². The van der Waals surface area contributed by atoms with Gasteiger partial charge < -0.3 is 19.1 Å². The molecule has 1 aromatic rings. The first-order valence-electron chi connectivity index (χ1n) is 8.49. The second kappa shape index (κ2) is 7.49. The van der Waals surface area contributed by atoms with E-state index >= 15 is 0 Å². The van der Waals surface area contributed by atoms with Crippen LogP contribution in [0.2, 0.25) is 0 Å². The van der Waals surface area contributed by atoms with Crippen LogP contribution in [-0.2, 0) is 20.7 Å². The van der Waals surface area contributed by atoms with Crippen LogP contribution in [0.15, 0.2) is 18.2 Å². The first-order valence-corrected chi connectivity index (χ1v) is 8.49. The Morgan fingerprint density at radius 1 is 1.46 bits per heavy atom. The van der Waals surface area contributed by atoms with Crippen LogP contribution in [0.1, 0.15) is 25.3 Å². The molecule has 2 fully saturated rings. The number of likely N-dealkylation sites (tertiary alicyclic amines) is 1. The number of fused-ring (bicyclic) bond motifs is 1. The Kier molecular flexibility index (Phi) is 5.36. The predicted molar refractivity (Wildman–Crippen MR) is 86.5 cm³/mol. The second-order valence-electron chi connectivity index (χ2n) is 6.23. The molecule has 6 heteroatoms. The van der Waals surface area contributed by atoms with Crippen molar-refractivity contribution >= 4 is 5.91 Å². The Morgan fingerprint density at radius 3 is 3.00 bits per heavy atom. The summed E-state index contributed by atoms with van der Waals surface area (Å²) < 4.78 is 30.3. The predicted octanol–water partition coefficient (Wildman–Crippen LogP) is 2.17. The first-order chi connectivity index (χ1) is 11.6. The van der Waals surface area contributed by atoms with E-state index in [2.05, 4.69) is 0 Å². The lowest BCUT2D eigenvalue weighted by atomic mass is 10.0. The minimum Gasteiger partial charge on any atom is -0.494 e. The second-order valence-corrected chi connectivity index (χ2v) is 6.23. The van der Waals surface area contributed by atoms with E-state index in [0.717, 1.165) is 19.4 Å². The van der Waals surface area contributed by atoms with Gasteiger partial charge >= 0.3 is 0 Å². The van der Waals surface area contributed by atoms with E-state index < -0.39 is 5.82 Å². The molecule has 2 aliphatic rings. The molecule has 0 saturated carbocycles. The molecule has 0 spiro atoms. The summed E-state index contributed by atoms with van der Waals surface area (Å²) in [5.74, 6) is -0.276. The van der Waals surface area contributed by atoms with Crippen LogP contribution in [0.5, 0.6) is 5.75 Å². The van der Waals surface area contributed by atoms with Gasteiger partial charge in [0.2, 0.25) is 5.91 Å². The van der Waals surface area contributed by atoms with E-state index in [-0.39, 0.29) is 36.3 Å². The third-order valence-corrected chi connectivity index (χ3v) is 4.75. The van der Waals surface area contributed by atoms with Gasteiger partial charge in [-0.2, -0.15) is 0 Å². The number of rotatable bonds is 5. The number of hydrogen-bond acceptors (Lipinski definition) is 4. The number of methoxy groups -OCH3 is 1. The Balaban J connectivity index is 1.71. The quantitative estimate of drug-likeness (QED) is 0.826. The van der Waals surface area contributed by atoms with Crippen LogP contribution >= 0.6 is 0 Å². The molecule has 0 aromatic heterocycles. The Morgan fingerprint density at radius 2 is 2.29 bits per heavy atom. The highest BCUT2D eigenvalue weighted by atomic mass is 19.1. The minimum atomic E-state index is -0.449. The number of nitrogens with zero attached hydrogens (tertiary/aromatic N) is 1. The molecule has 2 saturated heterocycles. The van der Waals surface area contributed by atoms with Gasteiger partial charge in [-0.15, -0.1) is 0 Å². The number of hydrogen-bond donors (Lipinski definition) is 0. The lowest BCUT2D eigenvalue weighted by Gasteiger charge is -2.32. The van der Waals surface area contributed by atoms with E-state index in [1.807, 2.05) is 11.8 Å². The largest absolute Gasteiger partial charge is 0.494 e. The topological polar surface area (TPSA) is 48.0 Å². The van der Waals surface area contributed by atoms with Gasteiger partial charge in [-0.05, 0) is 37.5 Å². The molecule has 5 nitrogen and oxygen atoms in total. The lowest BCUT2D eigenvalue weighted by Crippen LogP contribution is -2.44. The molecule has 3 rings (SSSR count). The summed E-state index contributed by atoms with van der Waals surface area (Å²) in [7, 11) is 1.42. The van der Waals surface area contributed by atoms with Crippen LogP contribution in [-0.4, -0.2) is 55.9 Å². The van der Waals surface area contributed by atoms with Gasteiger partial charge in [-0.1, -0.05) is 6.07 Å². The monoisotopic (exact) mass is 337 g/mol. The summed E-state index contributed by atoms with van der Waals surface area (Å²) >= 11 is 0. The van der Waals surface area contributed by atoms with Crippen molar-refractivity contribution in [1.82, 2.24) is 4.90 Å². The highest BCUT2D eigenvalue weighted by Crippen LogP contribution is 2.31. The summed E-state index contributed by atoms with van der Waals surface area (Å²) in [5.41, 5.74) is 0.645. The zero-order valence-electron chi connectivity index (χ0n) is 14.2. The van der Waals surface area contributed by atoms with Gasteiger partial charge in [-0.3, -0.25) is 4.79 Å². The van der Waals surface area contributed by atoms with Crippen molar-refractivity contribution in [3.63, 3.8) is 0 Å². The summed E-state index contributed by atoms with van der Waals surface area (Å²) in [6.07, 6.45) is 1.92. The maximum absolute atomic E-state index is 13.8. The number of carbonyl (C=O) groups excluding carboxylic acids is 1. The average Bonchev–Trinajstić information content (AvgIpc) is 2.95. The van der Waals surface area contributed by atoms with Gasteiger partial charge in [0.05, 0.1) is 19.6 Å². The summed E-state index contributed by atoms with van der Waals surface area (Å²) in [5, 5.41) is 0. The zero-order chi connectivity index (χ0) is 17.1. The molecule has 0 aliphatic carbocycles. The molecule has 3 atom stereocenters. The van der Waals surface area contributed by atoms with Gasteiger partial charge in [-0.25, -0.2) is 4.39 Å². The number of benzene rings is 1. The molecule has 0 N–H and O–H groups in total. The van der Waals surface area contributed by atoms with Gasteiger partial charge in [0.25, 0.3) is 0 Å². The molecule has 132 valence electrons. The number of ether oxygens (including phenoxy) is 3. The smallest absolute Gasteiger partial charge is 0.227 e. The average molecular weight is 337 g/mol. The van der Waals surface area contributed by atoms with Gasteiger partial charge in [0.1, 0.15) is 12.2 Å². The normalized spacial score (nSPS) is 26.3. The van der Waals surface area contributed by atoms with Gasteiger partial charge in [0.15, 0.2) is 11.6 Å². The van der Waals surface area contributed by atoms with Gasteiger partial charge in [0, 0.05) is 19.8 Å². The van der Waals surface area contributed by atoms with E-state index in [0.29, 0.717) is 18.7 Å². The molecular weight excluding hydrogens is 313 g/mol. The van der Waals surface area contributed by atoms with Crippen LogP contribution in [0.4, 0.5) is 4.39 Å². The Labute approximate surface area is 141 Å². The third kappa shape index (κ3) is 3.39. The molecule has 1 aromatic carbocycles. The highest BCUT2D eigenvalue weighted by Gasteiger charge is 2.46. The summed E-state index contributed by atoms with van der Waals surface area (Å²) in [6, 6.07) is 4.70. The van der Waals surface area contributed by atoms with Crippen molar-refractivity contribution in [2.24, 2.45) is 0 Å². The SMILES string of the molecule is CCO[C@H]1CN(C(=O)Cc2ccc(OC)c(F)c2)[C@@H]2CCCO[C@H]12.